The van der Waals surface area contributed by atoms with E-state index < -0.39 is 35.6 Å². The third kappa shape index (κ3) is 6.30. The number of amides is 1. The molecule has 1 fully saturated rings. The fourth-order valence-corrected chi connectivity index (χ4v) is 5.53. The number of piperazine rings is 1. The molecular formula is C26H24BF4N2O5S-. The molecule has 0 bridgehead atoms. The third-order valence-corrected chi connectivity index (χ3v) is 7.24. The first-order valence-corrected chi connectivity index (χ1v) is 13.6. The van der Waals surface area contributed by atoms with Crippen LogP contribution < -0.4 is 9.08 Å². The number of benzene rings is 3. The summed E-state index contributed by atoms with van der Waals surface area (Å²) in [6.45, 7) is -4.13. The molecular weight excluding hydrogens is 539 g/mol. The molecule has 5 rings (SSSR count). The number of carbonyl (C=O) groups excluding carboxylic acids is 1. The molecule has 0 N–H and O–H groups in total. The lowest BCUT2D eigenvalue weighted by molar-refractivity contribution is 0.0976. The number of rotatable bonds is 7. The Bertz CT molecular complexity index is 1450. The molecule has 1 amide bonds. The molecule has 1 heterocycles. The van der Waals surface area contributed by atoms with Crippen LogP contribution in [-0.4, -0.2) is 59.2 Å². The fraction of sp³-hybridized carbons (Fsp3) is 0.269. The van der Waals surface area contributed by atoms with Crippen LogP contribution >= 0.6 is 0 Å². The van der Waals surface area contributed by atoms with Gasteiger partial charge in [-0.25, -0.2) is 4.79 Å². The van der Waals surface area contributed by atoms with Gasteiger partial charge < -0.3 is 31.7 Å². The van der Waals surface area contributed by atoms with E-state index in [2.05, 4.69) is 4.18 Å². The molecule has 206 valence electrons. The zero-order chi connectivity index (χ0) is 27.8. The Hall–Kier alpha value is -3.74. The predicted octanol–water partition coefficient (Wildman–Crippen LogP) is 5.28. The SMILES string of the molecule is O=C(OCC1c2ccccc2-c2ccccc21)N1CCN(c2cc(C[B-](F)(F)F)cc(OS(=O)(=O)F)c2)CC1. The lowest BCUT2D eigenvalue weighted by atomic mass is 9.81. The number of carbonyl (C=O) groups is 1. The molecule has 3 aromatic carbocycles. The van der Waals surface area contributed by atoms with Gasteiger partial charge in [0.2, 0.25) is 0 Å². The largest absolute Gasteiger partial charge is 0.488 e. The number of anilines is 1. The molecule has 1 saturated heterocycles. The van der Waals surface area contributed by atoms with Crippen molar-refractivity contribution in [1.82, 2.24) is 4.90 Å². The van der Waals surface area contributed by atoms with E-state index in [-0.39, 0.29) is 50.0 Å². The van der Waals surface area contributed by atoms with E-state index in [1.165, 1.54) is 11.0 Å². The summed E-state index contributed by atoms with van der Waals surface area (Å²) < 4.78 is 83.9. The van der Waals surface area contributed by atoms with E-state index in [1.54, 1.807) is 4.90 Å². The zero-order valence-corrected chi connectivity index (χ0v) is 21.4. The van der Waals surface area contributed by atoms with Gasteiger partial charge in [0.1, 0.15) is 12.4 Å². The second-order valence-corrected chi connectivity index (χ2v) is 10.5. The van der Waals surface area contributed by atoms with E-state index in [0.29, 0.717) is 0 Å². The van der Waals surface area contributed by atoms with Crippen LogP contribution in [0.4, 0.5) is 27.3 Å². The minimum Gasteiger partial charge on any atom is -0.449 e. The van der Waals surface area contributed by atoms with Gasteiger partial charge in [-0.15, -0.1) is 0 Å². The highest BCUT2D eigenvalue weighted by Gasteiger charge is 2.31. The molecule has 13 heteroatoms. The lowest BCUT2D eigenvalue weighted by Crippen LogP contribution is -2.49. The van der Waals surface area contributed by atoms with E-state index in [0.717, 1.165) is 34.4 Å². The standard InChI is InChI=1S/C26H24BF4N2O5S/c28-27(29,30)16-18-13-19(15-20(14-18)38-39(31,35)36)32-9-11-33(12-10-32)26(34)37-17-25-23-7-3-1-5-21(23)22-6-2-4-8-24(22)25/h1-8,13-15,25H,9-12,16-17H2/q-1. The minimum atomic E-state index is -5.42. The van der Waals surface area contributed by atoms with Gasteiger partial charge in [-0.3, -0.25) is 0 Å². The van der Waals surface area contributed by atoms with E-state index in [1.807, 2.05) is 48.5 Å². The number of hydrogen-bond donors (Lipinski definition) is 0. The van der Waals surface area contributed by atoms with Crippen LogP contribution in [0.1, 0.15) is 22.6 Å². The van der Waals surface area contributed by atoms with Gasteiger partial charge in [-0.2, -0.15) is 8.42 Å². The first-order chi connectivity index (χ1) is 18.5. The Balaban J connectivity index is 1.24. The molecule has 39 heavy (non-hydrogen) atoms. The average molecular weight is 563 g/mol. The molecule has 3 aromatic rings. The summed E-state index contributed by atoms with van der Waals surface area (Å²) in [5.74, 6) is -0.644. The maximum Gasteiger partial charge on any atom is 0.488 e. The van der Waals surface area contributed by atoms with Gasteiger partial charge in [0.25, 0.3) is 0 Å². The summed E-state index contributed by atoms with van der Waals surface area (Å²) in [6.07, 6.45) is -1.78. The Kier molecular flexibility index (Phi) is 7.19. The predicted molar refractivity (Wildman–Crippen MR) is 139 cm³/mol. The normalized spacial score (nSPS) is 15.6. The van der Waals surface area contributed by atoms with Crippen molar-refractivity contribution in [3.63, 3.8) is 0 Å². The average Bonchev–Trinajstić information content (AvgIpc) is 3.19. The minimum absolute atomic E-state index is 0.0918. The smallest absolute Gasteiger partial charge is 0.449 e. The maximum absolute atomic E-state index is 13.1. The van der Waals surface area contributed by atoms with Crippen molar-refractivity contribution in [2.45, 2.75) is 12.2 Å². The fourth-order valence-electron chi connectivity index (χ4n) is 5.21. The number of ether oxygens (including phenoxy) is 1. The van der Waals surface area contributed by atoms with E-state index in [9.17, 15) is 30.0 Å². The summed E-state index contributed by atoms with van der Waals surface area (Å²) in [4.78, 5) is 16.1. The number of hydrogen-bond acceptors (Lipinski definition) is 6. The van der Waals surface area contributed by atoms with Gasteiger partial charge in [0.15, 0.2) is 0 Å². The van der Waals surface area contributed by atoms with Gasteiger partial charge in [-0.1, -0.05) is 64.3 Å². The van der Waals surface area contributed by atoms with Crippen LogP contribution in [0.2, 0.25) is 0 Å². The molecule has 2 aliphatic rings. The Labute approximate surface area is 223 Å². The van der Waals surface area contributed by atoms with Crippen LogP contribution in [0.3, 0.4) is 0 Å². The van der Waals surface area contributed by atoms with E-state index >= 15 is 0 Å². The van der Waals surface area contributed by atoms with Gasteiger partial charge in [0.05, 0.1) is 0 Å². The first kappa shape index (κ1) is 26.9. The van der Waals surface area contributed by atoms with Crippen LogP contribution in [-0.2, 0) is 21.6 Å². The molecule has 0 radical (unpaired) electrons. The van der Waals surface area contributed by atoms with Crippen molar-refractivity contribution in [1.29, 1.82) is 0 Å². The van der Waals surface area contributed by atoms with Gasteiger partial charge in [0, 0.05) is 43.9 Å². The Morgan fingerprint density at radius 2 is 1.49 bits per heavy atom. The topological polar surface area (TPSA) is 76.2 Å². The Morgan fingerprint density at radius 3 is 2.05 bits per heavy atom. The van der Waals surface area contributed by atoms with Gasteiger partial charge in [-0.05, 0) is 34.4 Å². The summed E-state index contributed by atoms with van der Waals surface area (Å²) in [7, 11) is -5.42. The van der Waals surface area contributed by atoms with Crippen molar-refractivity contribution in [2.75, 3.05) is 37.7 Å². The molecule has 0 aromatic heterocycles. The third-order valence-electron chi connectivity index (χ3n) is 6.85. The second kappa shape index (κ2) is 10.4. The lowest BCUT2D eigenvalue weighted by Gasteiger charge is -2.36. The summed E-state index contributed by atoms with van der Waals surface area (Å²) in [6, 6.07) is 19.2. The maximum atomic E-state index is 13.1. The van der Waals surface area contributed by atoms with E-state index in [4.69, 9.17) is 4.74 Å². The molecule has 1 aliphatic heterocycles. The van der Waals surface area contributed by atoms with Crippen LogP contribution in [0.15, 0.2) is 66.7 Å². The number of halogens is 4. The quantitative estimate of drug-likeness (QED) is 0.221. The molecule has 0 atom stereocenters. The van der Waals surface area contributed by atoms with Crippen molar-refractivity contribution < 1.29 is 39.0 Å². The highest BCUT2D eigenvalue weighted by Crippen LogP contribution is 2.44. The molecule has 0 saturated carbocycles. The molecule has 0 unspecified atom stereocenters. The van der Waals surface area contributed by atoms with Crippen molar-refractivity contribution >= 4 is 29.3 Å². The second-order valence-electron chi connectivity index (χ2n) is 9.50. The highest BCUT2D eigenvalue weighted by atomic mass is 32.3. The number of fused-ring (bicyclic) bond motifs is 3. The molecule has 7 nitrogen and oxygen atoms in total. The monoisotopic (exact) mass is 563 g/mol. The summed E-state index contributed by atoms with van der Waals surface area (Å²) >= 11 is 0. The van der Waals surface area contributed by atoms with Crippen LogP contribution in [0, 0.1) is 0 Å². The van der Waals surface area contributed by atoms with Crippen molar-refractivity contribution in [3.05, 3.63) is 83.4 Å². The van der Waals surface area contributed by atoms with Crippen molar-refractivity contribution in [3.8, 4) is 16.9 Å². The first-order valence-electron chi connectivity index (χ1n) is 12.3. The Morgan fingerprint density at radius 1 is 0.897 bits per heavy atom. The summed E-state index contributed by atoms with van der Waals surface area (Å²) in [5.41, 5.74) is 4.38. The number of nitrogens with zero attached hydrogens (tertiary/aromatic N) is 2. The molecule has 1 aliphatic carbocycles. The van der Waals surface area contributed by atoms with Gasteiger partial charge >= 0.3 is 23.6 Å². The van der Waals surface area contributed by atoms with Crippen molar-refractivity contribution in [2.24, 2.45) is 0 Å². The van der Waals surface area contributed by atoms with Crippen LogP contribution in [0.25, 0.3) is 11.1 Å². The zero-order valence-electron chi connectivity index (χ0n) is 20.6. The van der Waals surface area contributed by atoms with Crippen LogP contribution in [0.5, 0.6) is 5.75 Å². The highest BCUT2D eigenvalue weighted by molar-refractivity contribution is 7.81. The summed E-state index contributed by atoms with van der Waals surface area (Å²) in [5, 5.41) is 0. The molecule has 0 spiro atoms.